The Kier molecular flexibility index (Phi) is 6.51. The van der Waals surface area contributed by atoms with Crippen LogP contribution in [-0.4, -0.2) is 37.2 Å². The molecule has 2 rings (SSSR count). The molecule has 1 fully saturated rings. The molecular weight excluding hydrogens is 303 g/mol. The quantitative estimate of drug-likeness (QED) is 0.931. The van der Waals surface area contributed by atoms with Crippen molar-refractivity contribution < 1.29 is 4.74 Å². The van der Waals surface area contributed by atoms with Gasteiger partial charge in [0.2, 0.25) is 0 Å². The molecule has 98 valence electrons. The molecule has 17 heavy (non-hydrogen) atoms. The van der Waals surface area contributed by atoms with Crippen LogP contribution in [0.15, 0.2) is 5.38 Å². The van der Waals surface area contributed by atoms with Gasteiger partial charge in [0.05, 0.1) is 17.7 Å². The third-order valence-electron chi connectivity index (χ3n) is 2.64. The molecule has 0 aliphatic carbocycles. The summed E-state index contributed by atoms with van der Waals surface area (Å²) in [6.45, 7) is 3.90. The van der Waals surface area contributed by atoms with E-state index in [1.54, 1.807) is 0 Å². The highest BCUT2D eigenvalue weighted by Crippen LogP contribution is 2.33. The smallest absolute Gasteiger partial charge is 0.112 e. The lowest BCUT2D eigenvalue weighted by molar-refractivity contribution is -0.0260. The third-order valence-corrected chi connectivity index (χ3v) is 4.55. The fourth-order valence-corrected chi connectivity index (χ4v) is 3.01. The van der Waals surface area contributed by atoms with Crippen LogP contribution < -0.4 is 5.73 Å². The molecule has 0 saturated carbocycles. The number of hydrogen-bond acceptors (Lipinski definition) is 4. The standard InChI is InChI=1S/C10H14Cl2N2OS.ClH/c11-9-7(6-16-10(9)12)4-14-1-2-15-8(3-13)5-14;/h6,8H,1-5,13H2;1H. The average molecular weight is 318 g/mol. The van der Waals surface area contributed by atoms with Crippen molar-refractivity contribution in [2.24, 2.45) is 5.73 Å². The number of hydrogen-bond donors (Lipinski definition) is 1. The van der Waals surface area contributed by atoms with Gasteiger partial charge in [-0.1, -0.05) is 23.2 Å². The molecule has 1 aliphatic rings. The first-order valence-corrected chi connectivity index (χ1v) is 6.79. The largest absolute Gasteiger partial charge is 0.374 e. The predicted octanol–water partition coefficient (Wildman–Crippen LogP) is 2.64. The van der Waals surface area contributed by atoms with E-state index >= 15 is 0 Å². The fraction of sp³-hybridized carbons (Fsp3) is 0.600. The molecular formula is C10H15Cl3N2OS. The van der Waals surface area contributed by atoms with Gasteiger partial charge in [0.15, 0.2) is 0 Å². The van der Waals surface area contributed by atoms with E-state index in [-0.39, 0.29) is 18.5 Å². The van der Waals surface area contributed by atoms with Gasteiger partial charge in [0, 0.05) is 26.2 Å². The van der Waals surface area contributed by atoms with Gasteiger partial charge in [-0.2, -0.15) is 0 Å². The SMILES string of the molecule is Cl.NCC1CN(Cc2csc(Cl)c2Cl)CCO1. The van der Waals surface area contributed by atoms with E-state index in [0.717, 1.165) is 31.8 Å². The molecule has 2 N–H and O–H groups in total. The van der Waals surface area contributed by atoms with Gasteiger partial charge in [-0.15, -0.1) is 23.7 Å². The Hall–Kier alpha value is 0.450. The van der Waals surface area contributed by atoms with Gasteiger partial charge >= 0.3 is 0 Å². The zero-order chi connectivity index (χ0) is 11.5. The zero-order valence-corrected chi connectivity index (χ0v) is 12.3. The second-order valence-corrected chi connectivity index (χ2v) is 5.67. The Morgan fingerprint density at radius 3 is 2.88 bits per heavy atom. The van der Waals surface area contributed by atoms with Crippen molar-refractivity contribution in [3.63, 3.8) is 0 Å². The Morgan fingerprint density at radius 2 is 2.29 bits per heavy atom. The van der Waals surface area contributed by atoms with Gasteiger partial charge in [-0.3, -0.25) is 4.90 Å². The summed E-state index contributed by atoms with van der Waals surface area (Å²) in [5.74, 6) is 0. The average Bonchev–Trinajstić information content (AvgIpc) is 2.61. The first-order chi connectivity index (χ1) is 7.70. The van der Waals surface area contributed by atoms with E-state index in [1.165, 1.54) is 11.3 Å². The van der Waals surface area contributed by atoms with Crippen molar-refractivity contribution in [2.45, 2.75) is 12.6 Å². The Labute approximate surface area is 121 Å². The Bertz CT molecular complexity index is 361. The van der Waals surface area contributed by atoms with Crippen LogP contribution in [0.25, 0.3) is 0 Å². The van der Waals surface area contributed by atoms with Gasteiger partial charge in [-0.25, -0.2) is 0 Å². The number of nitrogens with zero attached hydrogens (tertiary/aromatic N) is 1. The lowest BCUT2D eigenvalue weighted by Gasteiger charge is -2.32. The van der Waals surface area contributed by atoms with Crippen LogP contribution >= 0.6 is 46.9 Å². The second kappa shape index (κ2) is 7.14. The number of thiophene rings is 1. The molecule has 0 radical (unpaired) electrons. The molecule has 1 saturated heterocycles. The summed E-state index contributed by atoms with van der Waals surface area (Å²) in [6, 6.07) is 0. The summed E-state index contributed by atoms with van der Waals surface area (Å²) < 4.78 is 6.17. The minimum absolute atomic E-state index is 0. The number of nitrogens with two attached hydrogens (primary N) is 1. The van der Waals surface area contributed by atoms with Crippen molar-refractivity contribution in [2.75, 3.05) is 26.2 Å². The monoisotopic (exact) mass is 316 g/mol. The lowest BCUT2D eigenvalue weighted by Crippen LogP contribution is -2.45. The van der Waals surface area contributed by atoms with E-state index < -0.39 is 0 Å². The van der Waals surface area contributed by atoms with E-state index in [0.29, 0.717) is 15.9 Å². The number of morpholine rings is 1. The molecule has 0 aromatic carbocycles. The number of ether oxygens (including phenoxy) is 1. The highest BCUT2D eigenvalue weighted by molar-refractivity contribution is 7.15. The molecule has 0 spiro atoms. The molecule has 1 unspecified atom stereocenters. The molecule has 2 heterocycles. The number of rotatable bonds is 3. The highest BCUT2D eigenvalue weighted by Gasteiger charge is 2.20. The predicted molar refractivity (Wildman–Crippen MR) is 75.7 cm³/mol. The van der Waals surface area contributed by atoms with E-state index in [2.05, 4.69) is 4.90 Å². The van der Waals surface area contributed by atoms with E-state index in [9.17, 15) is 0 Å². The van der Waals surface area contributed by atoms with Crippen LogP contribution in [0.4, 0.5) is 0 Å². The molecule has 1 atom stereocenters. The van der Waals surface area contributed by atoms with Crippen LogP contribution in [0.5, 0.6) is 0 Å². The molecule has 1 aromatic rings. The lowest BCUT2D eigenvalue weighted by atomic mass is 10.2. The van der Waals surface area contributed by atoms with E-state index in [4.69, 9.17) is 33.7 Å². The molecule has 1 aliphatic heterocycles. The summed E-state index contributed by atoms with van der Waals surface area (Å²) in [4.78, 5) is 2.30. The van der Waals surface area contributed by atoms with E-state index in [1.807, 2.05) is 5.38 Å². The van der Waals surface area contributed by atoms with Crippen molar-refractivity contribution in [1.82, 2.24) is 4.90 Å². The zero-order valence-electron chi connectivity index (χ0n) is 9.20. The summed E-state index contributed by atoms with van der Waals surface area (Å²) in [5.41, 5.74) is 6.69. The molecule has 0 amide bonds. The molecule has 1 aromatic heterocycles. The fourth-order valence-electron chi connectivity index (χ4n) is 1.77. The summed E-state index contributed by atoms with van der Waals surface area (Å²) in [7, 11) is 0. The highest BCUT2D eigenvalue weighted by atomic mass is 35.5. The van der Waals surface area contributed by atoms with Crippen molar-refractivity contribution >= 4 is 46.9 Å². The maximum Gasteiger partial charge on any atom is 0.112 e. The van der Waals surface area contributed by atoms with Gasteiger partial charge in [0.1, 0.15) is 4.34 Å². The van der Waals surface area contributed by atoms with Crippen molar-refractivity contribution in [3.8, 4) is 0 Å². The maximum atomic E-state index is 6.09. The van der Waals surface area contributed by atoms with Crippen LogP contribution in [0, 0.1) is 0 Å². The summed E-state index contributed by atoms with van der Waals surface area (Å²) >= 11 is 13.5. The van der Waals surface area contributed by atoms with Crippen LogP contribution in [-0.2, 0) is 11.3 Å². The van der Waals surface area contributed by atoms with Gasteiger partial charge in [0.25, 0.3) is 0 Å². The summed E-state index contributed by atoms with van der Waals surface area (Å²) in [6.07, 6.45) is 0.140. The molecule has 7 heteroatoms. The second-order valence-electron chi connectivity index (χ2n) is 3.81. The minimum atomic E-state index is 0. The molecule has 0 bridgehead atoms. The van der Waals surface area contributed by atoms with Crippen LogP contribution in [0.3, 0.4) is 0 Å². The first kappa shape index (κ1) is 15.5. The van der Waals surface area contributed by atoms with Gasteiger partial charge in [-0.05, 0) is 10.9 Å². The minimum Gasteiger partial charge on any atom is -0.374 e. The number of halogens is 3. The molecule has 3 nitrogen and oxygen atoms in total. The third kappa shape index (κ3) is 3.96. The Morgan fingerprint density at radius 1 is 1.53 bits per heavy atom. The maximum absolute atomic E-state index is 6.09. The first-order valence-electron chi connectivity index (χ1n) is 5.16. The van der Waals surface area contributed by atoms with Crippen molar-refractivity contribution in [1.29, 1.82) is 0 Å². The van der Waals surface area contributed by atoms with Gasteiger partial charge < -0.3 is 10.5 Å². The topological polar surface area (TPSA) is 38.5 Å². The normalized spacial score (nSPS) is 21.2. The van der Waals surface area contributed by atoms with Crippen molar-refractivity contribution in [3.05, 3.63) is 20.3 Å². The summed E-state index contributed by atoms with van der Waals surface area (Å²) in [5, 5.41) is 2.69. The van der Waals surface area contributed by atoms with Crippen LogP contribution in [0.1, 0.15) is 5.56 Å². The Balaban J connectivity index is 0.00000144. The van der Waals surface area contributed by atoms with Crippen LogP contribution in [0.2, 0.25) is 9.36 Å².